The third-order valence-corrected chi connectivity index (χ3v) is 5.97. The Hall–Kier alpha value is -0.840. The Bertz CT molecular complexity index is 661. The van der Waals surface area contributed by atoms with Gasteiger partial charge in [-0.05, 0) is 28.7 Å². The van der Waals surface area contributed by atoms with E-state index in [0.717, 1.165) is 4.90 Å². The molecule has 1 aliphatic heterocycles. The molecule has 1 aliphatic rings. The highest BCUT2D eigenvalue weighted by molar-refractivity contribution is 14.1. The van der Waals surface area contributed by atoms with E-state index in [4.69, 9.17) is 28.3 Å². The van der Waals surface area contributed by atoms with Gasteiger partial charge in [0.15, 0.2) is 5.82 Å². The molecule has 23 heavy (non-hydrogen) atoms. The molecule has 2 N–H and O–H groups in total. The number of piperazine rings is 1. The first-order valence-corrected chi connectivity index (χ1v) is 8.34. The van der Waals surface area contributed by atoms with E-state index in [1.165, 1.54) is 11.0 Å². The fourth-order valence-corrected chi connectivity index (χ4v) is 3.18. The summed E-state index contributed by atoms with van der Waals surface area (Å²) in [5.41, 5.74) is -0.303. The number of amides is 2. The van der Waals surface area contributed by atoms with Crippen molar-refractivity contribution in [3.05, 3.63) is 31.1 Å². The van der Waals surface area contributed by atoms with Gasteiger partial charge in [-0.25, -0.2) is 9.18 Å². The summed E-state index contributed by atoms with van der Waals surface area (Å²) < 4.78 is 14.6. The maximum absolute atomic E-state index is 14.3. The Kier molecular flexibility index (Phi) is 5.93. The topological polar surface area (TPSA) is 81.1 Å². The van der Waals surface area contributed by atoms with Crippen molar-refractivity contribution in [2.75, 3.05) is 26.2 Å². The number of aliphatic hydroxyl groups is 1. The molecule has 126 valence electrons. The number of carbonyl (C=O) groups is 2. The van der Waals surface area contributed by atoms with Gasteiger partial charge < -0.3 is 20.0 Å². The monoisotopic (exact) mass is 476 g/mol. The number of carbonyl (C=O) groups excluding carboxylic acids is 1. The average Bonchev–Trinajstić information content (AvgIpc) is 2.54. The van der Waals surface area contributed by atoms with E-state index in [0.29, 0.717) is 3.57 Å². The third kappa shape index (κ3) is 3.65. The zero-order valence-electron chi connectivity index (χ0n) is 11.6. The Balaban J connectivity index is 2.32. The highest BCUT2D eigenvalue weighted by Crippen LogP contribution is 2.32. The summed E-state index contributed by atoms with van der Waals surface area (Å²) in [7, 11) is 0. The van der Waals surface area contributed by atoms with Crippen LogP contribution in [0.4, 0.5) is 9.18 Å². The van der Waals surface area contributed by atoms with Crippen LogP contribution in [0, 0.1) is 9.39 Å². The maximum atomic E-state index is 14.3. The van der Waals surface area contributed by atoms with Gasteiger partial charge >= 0.3 is 6.09 Å². The van der Waals surface area contributed by atoms with Crippen LogP contribution in [0.1, 0.15) is 10.4 Å². The summed E-state index contributed by atoms with van der Waals surface area (Å²) in [5.74, 6) is -1.57. The molecule has 0 spiro atoms. The molecule has 1 aromatic carbocycles. The number of rotatable bonds is 2. The molecule has 0 radical (unpaired) electrons. The van der Waals surface area contributed by atoms with E-state index < -0.39 is 30.5 Å². The molecule has 1 aromatic rings. The number of halogens is 4. The van der Waals surface area contributed by atoms with Crippen LogP contribution in [0.2, 0.25) is 10.0 Å². The smallest absolute Gasteiger partial charge is 0.407 e. The quantitative estimate of drug-likeness (QED) is 0.390. The summed E-state index contributed by atoms with van der Waals surface area (Å²) in [4.78, 5) is 25.9. The first-order chi connectivity index (χ1) is 10.8. The molecule has 0 unspecified atom stereocenters. The van der Waals surface area contributed by atoms with Gasteiger partial charge in [-0.15, -0.1) is 0 Å². The summed E-state index contributed by atoms with van der Waals surface area (Å²) >= 11 is 13.5. The summed E-state index contributed by atoms with van der Waals surface area (Å²) in [6, 6.07) is 0.425. The lowest BCUT2D eigenvalue weighted by Crippen LogP contribution is -2.57. The zero-order chi connectivity index (χ0) is 17.3. The molecule has 0 aromatic heterocycles. The van der Waals surface area contributed by atoms with Crippen molar-refractivity contribution in [1.29, 1.82) is 0 Å². The highest BCUT2D eigenvalue weighted by atomic mass is 127. The minimum absolute atomic E-state index is 0.0387. The summed E-state index contributed by atoms with van der Waals surface area (Å²) in [6.45, 7) is -0.379. The van der Waals surface area contributed by atoms with E-state index in [1.54, 1.807) is 22.6 Å². The van der Waals surface area contributed by atoms with Crippen LogP contribution in [0.5, 0.6) is 0 Å². The van der Waals surface area contributed by atoms with Crippen LogP contribution in [-0.2, 0) is 0 Å². The second kappa shape index (κ2) is 7.37. The third-order valence-electron chi connectivity index (χ3n) is 3.56. The zero-order valence-corrected chi connectivity index (χ0v) is 15.3. The minimum atomic E-state index is -1.14. The first kappa shape index (κ1) is 18.5. The Morgan fingerprint density at radius 1 is 1.39 bits per heavy atom. The molecule has 10 heteroatoms. The predicted molar refractivity (Wildman–Crippen MR) is 90.6 cm³/mol. The molecular formula is C13H12Cl2FIN2O4. The number of benzene rings is 1. The number of hydrogen-bond donors (Lipinski definition) is 2. The van der Waals surface area contributed by atoms with Crippen LogP contribution in [-0.4, -0.2) is 64.3 Å². The van der Waals surface area contributed by atoms with E-state index in [2.05, 4.69) is 0 Å². The normalized spacial score (nSPS) is 18.2. The molecule has 0 bridgehead atoms. The van der Waals surface area contributed by atoms with Gasteiger partial charge in [0.05, 0.1) is 31.8 Å². The average molecular weight is 477 g/mol. The Morgan fingerprint density at radius 3 is 2.61 bits per heavy atom. The Labute approximate surface area is 154 Å². The van der Waals surface area contributed by atoms with Crippen molar-refractivity contribution in [2.24, 2.45) is 0 Å². The standard InChI is InChI=1S/C13H12Cl2FIN2O4/c14-8-3-7(10(16)9(15)11(8)17)12(21)19-2-1-18(13(22)23)4-6(19)5-20/h3,6,20H,1-2,4-5H2,(H,22,23)/t6-/m0/s1. The number of hydrogen-bond acceptors (Lipinski definition) is 3. The minimum Gasteiger partial charge on any atom is -0.465 e. The summed E-state index contributed by atoms with van der Waals surface area (Å²) in [5, 5.41) is 18.3. The lowest BCUT2D eigenvalue weighted by atomic mass is 10.1. The van der Waals surface area contributed by atoms with Crippen LogP contribution < -0.4 is 0 Å². The molecule has 1 heterocycles. The molecule has 2 rings (SSSR count). The second-order valence-corrected chi connectivity index (χ2v) is 6.78. The van der Waals surface area contributed by atoms with Crippen molar-refractivity contribution in [3.8, 4) is 0 Å². The predicted octanol–water partition coefficient (Wildman–Crippen LogP) is 2.53. The summed E-state index contributed by atoms with van der Waals surface area (Å²) in [6.07, 6.45) is -1.14. The second-order valence-electron chi connectivity index (χ2n) is 4.91. The van der Waals surface area contributed by atoms with Crippen molar-refractivity contribution in [2.45, 2.75) is 6.04 Å². The molecule has 0 saturated carbocycles. The van der Waals surface area contributed by atoms with Crippen molar-refractivity contribution in [3.63, 3.8) is 0 Å². The first-order valence-electron chi connectivity index (χ1n) is 6.50. The number of aliphatic hydroxyl groups excluding tert-OH is 1. The van der Waals surface area contributed by atoms with Crippen molar-refractivity contribution >= 4 is 57.8 Å². The molecule has 6 nitrogen and oxygen atoms in total. The fraction of sp³-hybridized carbons (Fsp3) is 0.385. The van der Waals surface area contributed by atoms with Gasteiger partial charge in [-0.3, -0.25) is 4.79 Å². The maximum Gasteiger partial charge on any atom is 0.407 e. The van der Waals surface area contributed by atoms with Crippen molar-refractivity contribution in [1.82, 2.24) is 9.80 Å². The largest absolute Gasteiger partial charge is 0.465 e. The van der Waals surface area contributed by atoms with Gasteiger partial charge in [0.1, 0.15) is 0 Å². The lowest BCUT2D eigenvalue weighted by Gasteiger charge is -2.39. The molecule has 1 saturated heterocycles. The van der Waals surface area contributed by atoms with Gasteiger partial charge in [0.25, 0.3) is 5.91 Å². The molecular weight excluding hydrogens is 465 g/mol. The van der Waals surface area contributed by atoms with E-state index >= 15 is 0 Å². The lowest BCUT2D eigenvalue weighted by molar-refractivity contribution is 0.0306. The van der Waals surface area contributed by atoms with Gasteiger partial charge in [-0.1, -0.05) is 23.2 Å². The molecule has 2 amide bonds. The van der Waals surface area contributed by atoms with Crippen LogP contribution >= 0.6 is 45.8 Å². The number of carboxylic acid groups (broad SMARTS) is 1. The van der Waals surface area contributed by atoms with Crippen molar-refractivity contribution < 1.29 is 24.2 Å². The van der Waals surface area contributed by atoms with Gasteiger partial charge in [0, 0.05) is 19.6 Å². The Morgan fingerprint density at radius 2 is 2.04 bits per heavy atom. The van der Waals surface area contributed by atoms with Crippen LogP contribution in [0.3, 0.4) is 0 Å². The van der Waals surface area contributed by atoms with Crippen LogP contribution in [0.15, 0.2) is 6.07 Å². The van der Waals surface area contributed by atoms with E-state index in [9.17, 15) is 19.1 Å². The van der Waals surface area contributed by atoms with Gasteiger partial charge in [-0.2, -0.15) is 0 Å². The van der Waals surface area contributed by atoms with E-state index in [1.807, 2.05) is 0 Å². The van der Waals surface area contributed by atoms with E-state index in [-0.39, 0.29) is 35.2 Å². The SMILES string of the molecule is O=C(O)N1CCN(C(=O)c2cc(Cl)c(I)c(Cl)c2F)[C@H](CO)C1. The number of nitrogens with zero attached hydrogens (tertiary/aromatic N) is 2. The van der Waals surface area contributed by atoms with Crippen LogP contribution in [0.25, 0.3) is 0 Å². The highest BCUT2D eigenvalue weighted by Gasteiger charge is 2.34. The van der Waals surface area contributed by atoms with Gasteiger partial charge in [0.2, 0.25) is 0 Å². The molecule has 1 atom stereocenters. The molecule has 1 fully saturated rings. The molecule has 0 aliphatic carbocycles. The fourth-order valence-electron chi connectivity index (χ4n) is 2.34.